The number of esters is 1. The fraction of sp³-hybridized carbons (Fsp3) is 0.462. The standard InChI is InChI=1S/C13H17NO2/c1-16-13(15)11-4-2-3-10(8-11)12(14)7-9-5-6-9/h2-4,8-9,12H,5-7,14H2,1H3/t12-/m0/s1. The Bertz CT molecular complexity index is 385. The van der Waals surface area contributed by atoms with Gasteiger partial charge in [-0.15, -0.1) is 0 Å². The van der Waals surface area contributed by atoms with E-state index in [1.807, 2.05) is 18.2 Å². The van der Waals surface area contributed by atoms with E-state index in [2.05, 4.69) is 4.74 Å². The molecule has 1 saturated carbocycles. The van der Waals surface area contributed by atoms with Gasteiger partial charge in [0.2, 0.25) is 0 Å². The lowest BCUT2D eigenvalue weighted by Gasteiger charge is -2.12. The molecule has 1 atom stereocenters. The summed E-state index contributed by atoms with van der Waals surface area (Å²) in [4.78, 5) is 11.4. The van der Waals surface area contributed by atoms with Crippen LogP contribution in [0.25, 0.3) is 0 Å². The van der Waals surface area contributed by atoms with Crippen molar-refractivity contribution in [2.45, 2.75) is 25.3 Å². The molecule has 0 heterocycles. The van der Waals surface area contributed by atoms with Crippen LogP contribution in [0, 0.1) is 5.92 Å². The molecule has 0 aromatic heterocycles. The summed E-state index contributed by atoms with van der Waals surface area (Å²) in [5.41, 5.74) is 7.69. The molecule has 3 nitrogen and oxygen atoms in total. The van der Waals surface area contributed by atoms with Gasteiger partial charge in [-0.25, -0.2) is 4.79 Å². The normalized spacial score (nSPS) is 16.9. The molecule has 0 aliphatic heterocycles. The van der Waals surface area contributed by atoms with E-state index < -0.39 is 0 Å². The van der Waals surface area contributed by atoms with Gasteiger partial charge in [-0.1, -0.05) is 25.0 Å². The molecule has 0 saturated heterocycles. The van der Waals surface area contributed by atoms with E-state index in [-0.39, 0.29) is 12.0 Å². The number of nitrogens with two attached hydrogens (primary N) is 1. The van der Waals surface area contributed by atoms with Crippen molar-refractivity contribution in [2.24, 2.45) is 11.7 Å². The third-order valence-corrected chi connectivity index (χ3v) is 3.02. The van der Waals surface area contributed by atoms with Gasteiger partial charge in [0.25, 0.3) is 0 Å². The quantitative estimate of drug-likeness (QED) is 0.790. The highest BCUT2D eigenvalue weighted by atomic mass is 16.5. The molecule has 1 aliphatic carbocycles. The number of rotatable bonds is 4. The third kappa shape index (κ3) is 2.61. The van der Waals surface area contributed by atoms with Crippen LogP contribution in [0.5, 0.6) is 0 Å². The Morgan fingerprint density at radius 1 is 1.56 bits per heavy atom. The number of ether oxygens (including phenoxy) is 1. The predicted molar refractivity (Wildman–Crippen MR) is 62.1 cm³/mol. The van der Waals surface area contributed by atoms with Gasteiger partial charge in [0.05, 0.1) is 12.7 Å². The highest BCUT2D eigenvalue weighted by Crippen LogP contribution is 2.36. The van der Waals surface area contributed by atoms with E-state index in [0.29, 0.717) is 5.56 Å². The molecular weight excluding hydrogens is 202 g/mol. The molecule has 0 amide bonds. The second-order valence-electron chi connectivity index (χ2n) is 4.40. The van der Waals surface area contributed by atoms with Crippen LogP contribution in [0.2, 0.25) is 0 Å². The Morgan fingerprint density at radius 3 is 2.94 bits per heavy atom. The van der Waals surface area contributed by atoms with Crippen molar-refractivity contribution in [1.82, 2.24) is 0 Å². The summed E-state index contributed by atoms with van der Waals surface area (Å²) >= 11 is 0. The number of carbonyl (C=O) groups is 1. The SMILES string of the molecule is COC(=O)c1cccc([C@@H](N)CC2CC2)c1. The van der Waals surface area contributed by atoms with Crippen molar-refractivity contribution in [1.29, 1.82) is 0 Å². The van der Waals surface area contributed by atoms with E-state index in [0.717, 1.165) is 17.9 Å². The second-order valence-corrected chi connectivity index (χ2v) is 4.40. The molecule has 1 aliphatic rings. The lowest BCUT2D eigenvalue weighted by atomic mass is 10.00. The van der Waals surface area contributed by atoms with Crippen molar-refractivity contribution in [3.05, 3.63) is 35.4 Å². The van der Waals surface area contributed by atoms with Gasteiger partial charge in [-0.3, -0.25) is 0 Å². The van der Waals surface area contributed by atoms with Crippen LogP contribution in [-0.4, -0.2) is 13.1 Å². The number of hydrogen-bond donors (Lipinski definition) is 1. The van der Waals surface area contributed by atoms with Gasteiger partial charge in [0, 0.05) is 6.04 Å². The first-order chi connectivity index (χ1) is 7.70. The van der Waals surface area contributed by atoms with Crippen LogP contribution in [0.4, 0.5) is 0 Å². The van der Waals surface area contributed by atoms with Crippen LogP contribution in [0.3, 0.4) is 0 Å². The maximum atomic E-state index is 11.4. The Morgan fingerprint density at radius 2 is 2.31 bits per heavy atom. The summed E-state index contributed by atoms with van der Waals surface area (Å²) in [6.07, 6.45) is 3.61. The molecule has 0 bridgehead atoms. The second kappa shape index (κ2) is 4.66. The largest absolute Gasteiger partial charge is 0.465 e. The predicted octanol–water partition coefficient (Wildman–Crippen LogP) is 2.27. The molecule has 1 aromatic rings. The smallest absolute Gasteiger partial charge is 0.337 e. The molecule has 0 unspecified atom stereocenters. The zero-order valence-corrected chi connectivity index (χ0v) is 9.48. The fourth-order valence-electron chi connectivity index (χ4n) is 1.86. The Kier molecular flexibility index (Phi) is 3.25. The Labute approximate surface area is 95.6 Å². The highest BCUT2D eigenvalue weighted by molar-refractivity contribution is 5.89. The molecule has 16 heavy (non-hydrogen) atoms. The summed E-state index contributed by atoms with van der Waals surface area (Å²) in [7, 11) is 1.39. The summed E-state index contributed by atoms with van der Waals surface area (Å²) in [5, 5.41) is 0. The summed E-state index contributed by atoms with van der Waals surface area (Å²) < 4.78 is 4.68. The molecule has 2 N–H and O–H groups in total. The highest BCUT2D eigenvalue weighted by Gasteiger charge is 2.24. The van der Waals surface area contributed by atoms with E-state index in [1.165, 1.54) is 20.0 Å². The Balaban J connectivity index is 2.10. The van der Waals surface area contributed by atoms with Crippen LogP contribution < -0.4 is 5.73 Å². The first-order valence-electron chi connectivity index (χ1n) is 5.64. The summed E-state index contributed by atoms with van der Waals surface area (Å²) in [5.74, 6) is 0.484. The van der Waals surface area contributed by atoms with Crippen molar-refractivity contribution in [3.63, 3.8) is 0 Å². The average Bonchev–Trinajstić information content (AvgIpc) is 3.12. The van der Waals surface area contributed by atoms with Gasteiger partial charge in [0.15, 0.2) is 0 Å². The molecule has 0 spiro atoms. The Hall–Kier alpha value is -1.35. The monoisotopic (exact) mass is 219 g/mol. The van der Waals surface area contributed by atoms with Gasteiger partial charge in [-0.2, -0.15) is 0 Å². The van der Waals surface area contributed by atoms with Gasteiger partial charge in [-0.05, 0) is 30.0 Å². The number of benzene rings is 1. The molecular formula is C13H17NO2. The van der Waals surface area contributed by atoms with Crippen LogP contribution in [-0.2, 0) is 4.74 Å². The first-order valence-corrected chi connectivity index (χ1v) is 5.64. The zero-order valence-electron chi connectivity index (χ0n) is 9.48. The number of hydrogen-bond acceptors (Lipinski definition) is 3. The van der Waals surface area contributed by atoms with Crippen LogP contribution in [0.15, 0.2) is 24.3 Å². The van der Waals surface area contributed by atoms with E-state index >= 15 is 0 Å². The van der Waals surface area contributed by atoms with E-state index in [4.69, 9.17) is 5.73 Å². The fourth-order valence-corrected chi connectivity index (χ4v) is 1.86. The third-order valence-electron chi connectivity index (χ3n) is 3.02. The minimum atomic E-state index is -0.305. The number of methoxy groups -OCH3 is 1. The van der Waals surface area contributed by atoms with Crippen molar-refractivity contribution < 1.29 is 9.53 Å². The number of carbonyl (C=O) groups excluding carboxylic acids is 1. The molecule has 3 heteroatoms. The summed E-state index contributed by atoms with van der Waals surface area (Å²) in [6, 6.07) is 7.45. The van der Waals surface area contributed by atoms with Crippen LogP contribution >= 0.6 is 0 Å². The van der Waals surface area contributed by atoms with Crippen molar-refractivity contribution >= 4 is 5.97 Å². The van der Waals surface area contributed by atoms with Gasteiger partial charge in [0.1, 0.15) is 0 Å². The zero-order chi connectivity index (χ0) is 11.5. The lowest BCUT2D eigenvalue weighted by molar-refractivity contribution is 0.0600. The topological polar surface area (TPSA) is 52.3 Å². The minimum absolute atomic E-state index is 0.0390. The summed E-state index contributed by atoms with van der Waals surface area (Å²) in [6.45, 7) is 0. The van der Waals surface area contributed by atoms with E-state index in [9.17, 15) is 4.79 Å². The average molecular weight is 219 g/mol. The molecule has 86 valence electrons. The van der Waals surface area contributed by atoms with Crippen molar-refractivity contribution in [3.8, 4) is 0 Å². The van der Waals surface area contributed by atoms with Gasteiger partial charge >= 0.3 is 5.97 Å². The van der Waals surface area contributed by atoms with Crippen molar-refractivity contribution in [2.75, 3.05) is 7.11 Å². The molecule has 1 fully saturated rings. The maximum absolute atomic E-state index is 11.4. The van der Waals surface area contributed by atoms with Crippen LogP contribution in [0.1, 0.15) is 41.2 Å². The van der Waals surface area contributed by atoms with Gasteiger partial charge < -0.3 is 10.5 Å². The molecule has 1 aromatic carbocycles. The lowest BCUT2D eigenvalue weighted by Crippen LogP contribution is -2.12. The maximum Gasteiger partial charge on any atom is 0.337 e. The molecule has 2 rings (SSSR count). The first kappa shape index (κ1) is 11.1. The molecule has 0 radical (unpaired) electrons. The van der Waals surface area contributed by atoms with E-state index in [1.54, 1.807) is 6.07 Å². The minimum Gasteiger partial charge on any atom is -0.465 e.